The maximum atomic E-state index is 10.3. The molecule has 4 aliphatic rings. The number of allylic oxidation sites excluding steroid dienone is 3. The van der Waals surface area contributed by atoms with Gasteiger partial charge in [0.1, 0.15) is 0 Å². The summed E-state index contributed by atoms with van der Waals surface area (Å²) in [4.78, 5) is 0. The van der Waals surface area contributed by atoms with Crippen LogP contribution in [0.15, 0.2) is 54.3 Å². The Morgan fingerprint density at radius 2 is 1.79 bits per heavy atom. The first-order chi connectivity index (χ1) is 15.9. The van der Waals surface area contributed by atoms with E-state index in [4.69, 9.17) is 5.10 Å². The molecule has 0 unspecified atom stereocenters. The van der Waals surface area contributed by atoms with Gasteiger partial charge in [-0.2, -0.15) is 5.10 Å². The molecule has 33 heavy (non-hydrogen) atoms. The minimum Gasteiger partial charge on any atom is -0.393 e. The molecule has 4 nitrogen and oxygen atoms in total. The topological polar surface area (TPSA) is 58.3 Å². The molecule has 0 radical (unpaired) electrons. The summed E-state index contributed by atoms with van der Waals surface area (Å²) in [5, 5.41) is 25.5. The van der Waals surface area contributed by atoms with Crippen LogP contribution in [0.1, 0.15) is 70.1 Å². The zero-order valence-corrected chi connectivity index (χ0v) is 19.9. The smallest absolute Gasteiger partial charge is 0.0944 e. The van der Waals surface area contributed by atoms with Gasteiger partial charge in [-0.15, -0.1) is 0 Å². The molecule has 6 rings (SSSR count). The van der Waals surface area contributed by atoms with E-state index in [-0.39, 0.29) is 23.5 Å². The first-order valence-electron chi connectivity index (χ1n) is 12.8. The maximum absolute atomic E-state index is 10.3. The van der Waals surface area contributed by atoms with E-state index in [1.165, 1.54) is 24.0 Å². The number of benzene rings is 1. The van der Waals surface area contributed by atoms with Crippen molar-refractivity contribution in [3.05, 3.63) is 65.5 Å². The Morgan fingerprint density at radius 3 is 2.58 bits per heavy atom. The Balaban J connectivity index is 1.33. The van der Waals surface area contributed by atoms with Crippen LogP contribution >= 0.6 is 0 Å². The molecule has 174 valence electrons. The number of aliphatic hydroxyl groups is 2. The van der Waals surface area contributed by atoms with Gasteiger partial charge in [-0.3, -0.25) is 0 Å². The highest BCUT2D eigenvalue weighted by atomic mass is 16.3. The first kappa shape index (κ1) is 21.4. The number of aliphatic hydroxyl groups excluding tert-OH is 2. The van der Waals surface area contributed by atoms with Crippen LogP contribution in [0.2, 0.25) is 0 Å². The fourth-order valence-corrected chi connectivity index (χ4v) is 8.04. The van der Waals surface area contributed by atoms with E-state index < -0.39 is 0 Å². The summed E-state index contributed by atoms with van der Waals surface area (Å²) in [6, 6.07) is 10.2. The number of hydrogen-bond donors (Lipinski definition) is 2. The summed E-state index contributed by atoms with van der Waals surface area (Å²) in [5.74, 6) is 2.03. The Hall–Kier alpha value is -2.17. The van der Waals surface area contributed by atoms with Crippen LogP contribution < -0.4 is 0 Å². The van der Waals surface area contributed by atoms with Gasteiger partial charge >= 0.3 is 0 Å². The predicted molar refractivity (Wildman–Crippen MR) is 131 cm³/mol. The van der Waals surface area contributed by atoms with Crippen molar-refractivity contribution in [2.75, 3.05) is 0 Å². The second-order valence-electron chi connectivity index (χ2n) is 11.4. The molecule has 0 saturated heterocycles. The Bertz CT molecular complexity index is 1120. The summed E-state index contributed by atoms with van der Waals surface area (Å²) in [6.45, 7) is 4.96. The molecule has 2 N–H and O–H groups in total. The normalized spacial score (nSPS) is 37.6. The third-order valence-corrected chi connectivity index (χ3v) is 9.89. The number of hydrogen-bond acceptors (Lipinski definition) is 3. The lowest BCUT2D eigenvalue weighted by Crippen LogP contribution is -2.49. The highest BCUT2D eigenvalue weighted by Crippen LogP contribution is 2.66. The van der Waals surface area contributed by atoms with Gasteiger partial charge in [0.2, 0.25) is 0 Å². The van der Waals surface area contributed by atoms with Crippen molar-refractivity contribution in [2.24, 2.45) is 28.6 Å². The van der Waals surface area contributed by atoms with Crippen molar-refractivity contribution >= 4 is 5.57 Å². The van der Waals surface area contributed by atoms with E-state index in [1.807, 2.05) is 29.1 Å². The van der Waals surface area contributed by atoms with Crippen LogP contribution in [0.3, 0.4) is 0 Å². The van der Waals surface area contributed by atoms with E-state index in [2.05, 4.69) is 38.1 Å². The molecule has 2 fully saturated rings. The molecular weight excluding hydrogens is 408 g/mol. The number of rotatable bonds is 3. The minimum atomic E-state index is -0.147. The molecule has 0 aliphatic heterocycles. The molecule has 1 heterocycles. The quantitative estimate of drug-likeness (QED) is 0.599. The van der Waals surface area contributed by atoms with Gasteiger partial charge in [0, 0.05) is 11.8 Å². The molecule has 1 aromatic heterocycles. The molecule has 0 bridgehead atoms. The van der Waals surface area contributed by atoms with Crippen LogP contribution in [0.5, 0.6) is 0 Å². The molecule has 6 atom stereocenters. The van der Waals surface area contributed by atoms with Crippen molar-refractivity contribution in [2.45, 2.75) is 71.5 Å². The average molecular weight is 445 g/mol. The Labute approximate surface area is 197 Å². The van der Waals surface area contributed by atoms with E-state index >= 15 is 0 Å². The fraction of sp³-hybridized carbons (Fsp3) is 0.552. The van der Waals surface area contributed by atoms with E-state index in [1.54, 1.807) is 0 Å². The average Bonchev–Trinajstić information content (AvgIpc) is 3.40. The molecule has 0 spiro atoms. The summed E-state index contributed by atoms with van der Waals surface area (Å²) in [6.07, 6.45) is 14.4. The Morgan fingerprint density at radius 1 is 1.00 bits per heavy atom. The molecule has 2 saturated carbocycles. The van der Waals surface area contributed by atoms with Gasteiger partial charge in [0.25, 0.3) is 0 Å². The van der Waals surface area contributed by atoms with Crippen LogP contribution in [-0.2, 0) is 6.61 Å². The van der Waals surface area contributed by atoms with Gasteiger partial charge in [-0.25, -0.2) is 4.68 Å². The third kappa shape index (κ3) is 3.14. The number of fused-ring (bicyclic) bond motifs is 5. The van der Waals surface area contributed by atoms with Gasteiger partial charge < -0.3 is 10.2 Å². The number of nitrogens with zero attached hydrogens (tertiary/aromatic N) is 2. The zero-order valence-electron chi connectivity index (χ0n) is 19.9. The fourth-order valence-electron chi connectivity index (χ4n) is 8.04. The van der Waals surface area contributed by atoms with E-state index in [9.17, 15) is 10.2 Å². The van der Waals surface area contributed by atoms with Crippen LogP contribution in [-0.4, -0.2) is 26.1 Å². The van der Waals surface area contributed by atoms with Crippen molar-refractivity contribution < 1.29 is 10.2 Å². The second-order valence-corrected chi connectivity index (χ2v) is 11.4. The molecule has 4 heteroatoms. The summed E-state index contributed by atoms with van der Waals surface area (Å²) in [5.41, 5.74) is 6.19. The molecule has 1 aromatic carbocycles. The molecular formula is C29H36N2O2. The first-order valence-corrected chi connectivity index (χ1v) is 12.8. The van der Waals surface area contributed by atoms with E-state index in [0.29, 0.717) is 11.8 Å². The standard InChI is InChI=1S/C29H36N2O2/c1-28-14-12-22(33)16-20(28)8-9-23-24-10-11-26(29(24,2)15-13-25(23)28)27-19(18-32)17-31(30-27)21-6-4-3-5-7-21/h3-8,11,17,22-25,32-33H,9-10,12-16,18H2,1-2H3/t22-,23-,24-,25-,28-,29-/m0/s1. The number of aromatic nitrogens is 2. The summed E-state index contributed by atoms with van der Waals surface area (Å²) in [7, 11) is 0. The lowest BCUT2D eigenvalue weighted by Gasteiger charge is -2.57. The molecule has 2 aromatic rings. The zero-order chi connectivity index (χ0) is 22.8. The maximum Gasteiger partial charge on any atom is 0.0944 e. The van der Waals surface area contributed by atoms with Gasteiger partial charge in [0.05, 0.1) is 24.1 Å². The third-order valence-electron chi connectivity index (χ3n) is 9.89. The largest absolute Gasteiger partial charge is 0.393 e. The minimum absolute atomic E-state index is 0.0127. The van der Waals surface area contributed by atoms with Crippen molar-refractivity contribution in [3.8, 4) is 5.69 Å². The van der Waals surface area contributed by atoms with Crippen molar-refractivity contribution in [3.63, 3.8) is 0 Å². The van der Waals surface area contributed by atoms with Crippen molar-refractivity contribution in [1.29, 1.82) is 0 Å². The Kier molecular flexibility index (Phi) is 4.97. The van der Waals surface area contributed by atoms with Crippen LogP contribution in [0.25, 0.3) is 11.3 Å². The predicted octanol–water partition coefficient (Wildman–Crippen LogP) is 5.68. The van der Waals surface area contributed by atoms with Gasteiger partial charge in [-0.05, 0) is 91.2 Å². The SMILES string of the molecule is C[C@]12CC[C@H](O)CC1=CC[C@@H]1[C@@H]2CC[C@]2(C)C(c3nn(-c4ccccc4)cc3CO)=CC[C@@H]12. The van der Waals surface area contributed by atoms with Crippen LogP contribution in [0, 0.1) is 28.6 Å². The number of para-hydroxylation sites is 1. The van der Waals surface area contributed by atoms with E-state index in [0.717, 1.165) is 55.0 Å². The van der Waals surface area contributed by atoms with Crippen LogP contribution in [0.4, 0.5) is 0 Å². The molecule has 4 aliphatic carbocycles. The van der Waals surface area contributed by atoms with Crippen molar-refractivity contribution in [1.82, 2.24) is 9.78 Å². The lowest BCUT2D eigenvalue weighted by atomic mass is 9.47. The lowest BCUT2D eigenvalue weighted by molar-refractivity contribution is -0.0239. The highest BCUT2D eigenvalue weighted by Gasteiger charge is 2.57. The van der Waals surface area contributed by atoms with Gasteiger partial charge in [-0.1, -0.05) is 49.8 Å². The summed E-state index contributed by atoms with van der Waals surface area (Å²) < 4.78 is 1.92. The highest BCUT2D eigenvalue weighted by molar-refractivity contribution is 5.72. The second kappa shape index (κ2) is 7.68. The summed E-state index contributed by atoms with van der Waals surface area (Å²) >= 11 is 0. The van der Waals surface area contributed by atoms with Gasteiger partial charge in [0.15, 0.2) is 0 Å². The molecule has 0 amide bonds. The monoisotopic (exact) mass is 444 g/mol.